The minimum atomic E-state index is -3.07. The number of amides is 1. The average Bonchev–Trinajstić information content (AvgIpc) is 2.35. The molecule has 0 radical (unpaired) electrons. The molecular weight excluding hydrogens is 266 g/mol. The van der Waals surface area contributed by atoms with Crippen molar-refractivity contribution in [2.24, 2.45) is 0 Å². The smallest absolute Gasteiger partial charge is 0.253 e. The fourth-order valence-electron chi connectivity index (χ4n) is 1.44. The maximum atomic E-state index is 11.9. The molecule has 0 saturated heterocycles. The third-order valence-electron chi connectivity index (χ3n) is 2.39. The molecule has 0 atom stereocenters. The first-order valence-corrected chi connectivity index (χ1v) is 8.14. The third-order valence-corrected chi connectivity index (χ3v) is 3.34. The van der Waals surface area contributed by atoms with E-state index in [1.54, 1.807) is 12.3 Å². The van der Waals surface area contributed by atoms with Crippen LogP contribution in [0, 0.1) is 0 Å². The van der Waals surface area contributed by atoms with Gasteiger partial charge in [0.25, 0.3) is 5.91 Å². The van der Waals surface area contributed by atoms with Crippen LogP contribution in [0.4, 0.5) is 5.69 Å². The molecule has 6 nitrogen and oxygen atoms in total. The highest BCUT2D eigenvalue weighted by Crippen LogP contribution is 2.12. The van der Waals surface area contributed by atoms with Gasteiger partial charge in [-0.1, -0.05) is 6.92 Å². The largest absolute Gasteiger partial charge is 0.383 e. The summed E-state index contributed by atoms with van der Waals surface area (Å²) < 4.78 is 22.0. The van der Waals surface area contributed by atoms with Crippen LogP contribution >= 0.6 is 0 Å². The number of carbonyl (C=O) groups is 1. The number of nitrogens with zero attached hydrogens (tertiary/aromatic N) is 1. The predicted molar refractivity (Wildman–Crippen MR) is 75.1 cm³/mol. The number of hydrogen-bond acceptors (Lipinski definition) is 5. The summed E-state index contributed by atoms with van der Waals surface area (Å²) in [4.78, 5) is 15.9. The molecule has 1 amide bonds. The second kappa shape index (κ2) is 7.08. The van der Waals surface area contributed by atoms with Crippen LogP contribution in [0.5, 0.6) is 0 Å². The maximum Gasteiger partial charge on any atom is 0.253 e. The minimum Gasteiger partial charge on any atom is -0.383 e. The molecule has 1 rings (SSSR count). The fourth-order valence-corrected chi connectivity index (χ4v) is 1.91. The van der Waals surface area contributed by atoms with Crippen molar-refractivity contribution in [2.75, 3.05) is 30.4 Å². The Kier molecular flexibility index (Phi) is 5.75. The molecule has 7 heteroatoms. The highest BCUT2D eigenvalue weighted by Gasteiger charge is 2.11. The Labute approximate surface area is 113 Å². The van der Waals surface area contributed by atoms with Gasteiger partial charge in [0, 0.05) is 25.5 Å². The van der Waals surface area contributed by atoms with Crippen molar-refractivity contribution >= 4 is 21.4 Å². The van der Waals surface area contributed by atoms with Gasteiger partial charge in [-0.05, 0) is 12.5 Å². The van der Waals surface area contributed by atoms with Gasteiger partial charge in [-0.25, -0.2) is 8.42 Å². The lowest BCUT2D eigenvalue weighted by atomic mass is 10.2. The molecular formula is C12H19N3O3S. The minimum absolute atomic E-state index is 0.0679. The van der Waals surface area contributed by atoms with Gasteiger partial charge in [-0.2, -0.15) is 0 Å². The van der Waals surface area contributed by atoms with Gasteiger partial charge in [0.05, 0.1) is 23.2 Å². The summed E-state index contributed by atoms with van der Waals surface area (Å²) in [5.74, 6) is -0.369. The highest BCUT2D eigenvalue weighted by molar-refractivity contribution is 7.90. The van der Waals surface area contributed by atoms with Gasteiger partial charge in [0.15, 0.2) is 0 Å². The summed E-state index contributed by atoms with van der Waals surface area (Å²) in [6.45, 7) is 2.87. The van der Waals surface area contributed by atoms with Crippen LogP contribution in [0.1, 0.15) is 23.7 Å². The number of sulfone groups is 1. The van der Waals surface area contributed by atoms with Crippen molar-refractivity contribution in [1.29, 1.82) is 0 Å². The zero-order valence-corrected chi connectivity index (χ0v) is 12.0. The average molecular weight is 285 g/mol. The van der Waals surface area contributed by atoms with Gasteiger partial charge in [0.2, 0.25) is 0 Å². The van der Waals surface area contributed by atoms with E-state index in [0.717, 1.165) is 19.2 Å². The first-order chi connectivity index (χ1) is 8.94. The number of pyridine rings is 1. The highest BCUT2D eigenvalue weighted by atomic mass is 32.2. The zero-order valence-electron chi connectivity index (χ0n) is 11.1. The number of carbonyl (C=O) groups excluding carboxylic acids is 1. The van der Waals surface area contributed by atoms with E-state index in [-0.39, 0.29) is 18.2 Å². The van der Waals surface area contributed by atoms with Crippen molar-refractivity contribution in [1.82, 2.24) is 10.3 Å². The van der Waals surface area contributed by atoms with Crippen molar-refractivity contribution in [3.05, 3.63) is 24.0 Å². The van der Waals surface area contributed by atoms with Crippen LogP contribution in [0.15, 0.2) is 18.5 Å². The topological polar surface area (TPSA) is 88.2 Å². The number of hydrogen-bond donors (Lipinski definition) is 2. The molecule has 19 heavy (non-hydrogen) atoms. The first-order valence-electron chi connectivity index (χ1n) is 6.08. The van der Waals surface area contributed by atoms with Crippen molar-refractivity contribution in [2.45, 2.75) is 13.3 Å². The van der Waals surface area contributed by atoms with E-state index < -0.39 is 9.84 Å². The molecule has 0 saturated carbocycles. The summed E-state index contributed by atoms with van der Waals surface area (Å²) in [6.07, 6.45) is 5.19. The molecule has 0 spiro atoms. The van der Waals surface area contributed by atoms with Gasteiger partial charge in [-0.15, -0.1) is 0 Å². The first kappa shape index (κ1) is 15.4. The van der Waals surface area contributed by atoms with E-state index in [2.05, 4.69) is 15.6 Å². The summed E-state index contributed by atoms with van der Waals surface area (Å²) in [5.41, 5.74) is 1.12. The Morgan fingerprint density at radius 1 is 1.37 bits per heavy atom. The number of nitrogens with one attached hydrogen (secondary N) is 2. The van der Waals surface area contributed by atoms with Crippen LogP contribution in [-0.2, 0) is 9.84 Å². The molecule has 0 unspecified atom stereocenters. The molecule has 1 heterocycles. The van der Waals surface area contributed by atoms with Gasteiger partial charge in [-0.3, -0.25) is 9.78 Å². The molecule has 0 bridgehead atoms. The predicted octanol–water partition coefficient (Wildman–Crippen LogP) is 0.678. The van der Waals surface area contributed by atoms with Crippen LogP contribution in [-0.4, -0.2) is 44.4 Å². The van der Waals surface area contributed by atoms with E-state index >= 15 is 0 Å². The summed E-state index contributed by atoms with van der Waals surface area (Å²) in [6, 6.07) is 1.60. The zero-order chi connectivity index (χ0) is 14.3. The SMILES string of the molecule is CCCNc1cnccc1C(=O)NCCS(C)(=O)=O. The molecule has 0 aliphatic rings. The number of anilines is 1. The van der Waals surface area contributed by atoms with Crippen molar-refractivity contribution in [3.8, 4) is 0 Å². The molecule has 2 N–H and O–H groups in total. The second-order valence-corrected chi connectivity index (χ2v) is 6.49. The Hall–Kier alpha value is -1.63. The van der Waals surface area contributed by atoms with E-state index in [1.165, 1.54) is 6.20 Å². The quantitative estimate of drug-likeness (QED) is 0.769. The molecule has 106 valence electrons. The van der Waals surface area contributed by atoms with Gasteiger partial charge in [0.1, 0.15) is 9.84 Å². The van der Waals surface area contributed by atoms with Gasteiger partial charge >= 0.3 is 0 Å². The lowest BCUT2D eigenvalue weighted by Crippen LogP contribution is -2.29. The Morgan fingerprint density at radius 3 is 2.74 bits per heavy atom. The Bertz CT molecular complexity index is 529. The molecule has 0 aliphatic carbocycles. The molecule has 0 aromatic carbocycles. The van der Waals surface area contributed by atoms with E-state index in [0.29, 0.717) is 11.3 Å². The summed E-state index contributed by atoms with van der Waals surface area (Å²) >= 11 is 0. The van der Waals surface area contributed by atoms with Gasteiger partial charge < -0.3 is 10.6 Å². The maximum absolute atomic E-state index is 11.9. The summed E-state index contributed by atoms with van der Waals surface area (Å²) in [5, 5.41) is 5.70. The molecule has 1 aromatic heterocycles. The van der Waals surface area contributed by atoms with Crippen LogP contribution in [0.25, 0.3) is 0 Å². The van der Waals surface area contributed by atoms with Crippen LogP contribution in [0.2, 0.25) is 0 Å². The van der Waals surface area contributed by atoms with E-state index in [4.69, 9.17) is 0 Å². The number of aromatic nitrogens is 1. The van der Waals surface area contributed by atoms with Crippen LogP contribution < -0.4 is 10.6 Å². The monoisotopic (exact) mass is 285 g/mol. The number of rotatable bonds is 7. The summed E-state index contributed by atoms with van der Waals surface area (Å²) in [7, 11) is -3.07. The molecule has 0 aliphatic heterocycles. The third kappa shape index (κ3) is 5.69. The molecule has 0 fully saturated rings. The van der Waals surface area contributed by atoms with Crippen molar-refractivity contribution < 1.29 is 13.2 Å². The second-order valence-electron chi connectivity index (χ2n) is 4.23. The molecule has 1 aromatic rings. The van der Waals surface area contributed by atoms with Crippen LogP contribution in [0.3, 0.4) is 0 Å². The van der Waals surface area contributed by atoms with E-state index in [1.807, 2.05) is 6.92 Å². The Morgan fingerprint density at radius 2 is 2.11 bits per heavy atom. The normalized spacial score (nSPS) is 11.1. The standard InChI is InChI=1S/C12H19N3O3S/c1-3-5-14-11-9-13-6-4-10(11)12(16)15-7-8-19(2,17)18/h4,6,9,14H,3,5,7-8H2,1-2H3,(H,15,16). The fraction of sp³-hybridized carbons (Fsp3) is 0.500. The lowest BCUT2D eigenvalue weighted by Gasteiger charge is -2.10. The van der Waals surface area contributed by atoms with E-state index in [9.17, 15) is 13.2 Å². The lowest BCUT2D eigenvalue weighted by molar-refractivity contribution is 0.0957. The Balaban J connectivity index is 2.65. The van der Waals surface area contributed by atoms with Crippen molar-refractivity contribution in [3.63, 3.8) is 0 Å².